The predicted molar refractivity (Wildman–Crippen MR) is 99.1 cm³/mol. The third kappa shape index (κ3) is 3.25. The Balaban J connectivity index is 1.34. The summed E-state index contributed by atoms with van der Waals surface area (Å²) in [7, 11) is 0. The van der Waals surface area contributed by atoms with Crippen molar-refractivity contribution in [1.82, 2.24) is 5.16 Å². The molecule has 31 heavy (non-hydrogen) atoms. The molecule has 162 valence electrons. The SMILES string of the molecule is Cc1cc(N2C[C@]34C=C[C@@H](O3)[C@@H](C(=O)Nc3ccc(OC(F)(F)F)cc3)[C@H]4C2=O)no1. The number of fused-ring (bicyclic) bond motifs is 1. The molecule has 11 heteroatoms. The first-order valence-electron chi connectivity index (χ1n) is 9.44. The molecule has 2 aromatic rings. The number of hydrogen-bond donors (Lipinski definition) is 1. The minimum absolute atomic E-state index is 0.211. The minimum Gasteiger partial charge on any atom is -0.406 e. The zero-order valence-corrected chi connectivity index (χ0v) is 16.1. The average Bonchev–Trinajstić information content (AvgIpc) is 3.43. The highest BCUT2D eigenvalue weighted by molar-refractivity contribution is 6.05. The number of hydrogen-bond acceptors (Lipinski definition) is 6. The number of aryl methyl sites for hydroxylation is 1. The van der Waals surface area contributed by atoms with Gasteiger partial charge in [0.25, 0.3) is 0 Å². The first-order chi connectivity index (χ1) is 14.7. The number of halogens is 3. The van der Waals surface area contributed by atoms with Gasteiger partial charge in [-0.05, 0) is 31.2 Å². The summed E-state index contributed by atoms with van der Waals surface area (Å²) in [6, 6.07) is 6.40. The highest BCUT2D eigenvalue weighted by atomic mass is 19.4. The molecule has 1 aromatic heterocycles. The van der Waals surface area contributed by atoms with E-state index in [-0.39, 0.29) is 18.1 Å². The number of benzene rings is 1. The number of carbonyl (C=O) groups is 2. The van der Waals surface area contributed by atoms with Crippen LogP contribution in [0.2, 0.25) is 0 Å². The van der Waals surface area contributed by atoms with Crippen LogP contribution in [0.15, 0.2) is 47.0 Å². The van der Waals surface area contributed by atoms with E-state index in [0.717, 1.165) is 12.1 Å². The quantitative estimate of drug-likeness (QED) is 0.743. The predicted octanol–water partition coefficient (Wildman–Crippen LogP) is 2.81. The van der Waals surface area contributed by atoms with Crippen LogP contribution in [0.25, 0.3) is 0 Å². The molecule has 8 nitrogen and oxygen atoms in total. The fraction of sp³-hybridized carbons (Fsp3) is 0.350. The van der Waals surface area contributed by atoms with Gasteiger partial charge in [0.05, 0.1) is 24.5 Å². The van der Waals surface area contributed by atoms with Crippen LogP contribution < -0.4 is 15.0 Å². The molecule has 4 heterocycles. The summed E-state index contributed by atoms with van der Waals surface area (Å²) in [6.45, 7) is 1.92. The monoisotopic (exact) mass is 435 g/mol. The molecule has 2 amide bonds. The molecule has 1 N–H and O–H groups in total. The lowest BCUT2D eigenvalue weighted by atomic mass is 9.77. The number of rotatable bonds is 4. The average molecular weight is 435 g/mol. The Morgan fingerprint density at radius 2 is 2.06 bits per heavy atom. The van der Waals surface area contributed by atoms with Crippen molar-refractivity contribution in [2.24, 2.45) is 11.8 Å². The van der Waals surface area contributed by atoms with Crippen LogP contribution in [0, 0.1) is 18.8 Å². The van der Waals surface area contributed by atoms with Gasteiger partial charge in [0.15, 0.2) is 5.82 Å². The summed E-state index contributed by atoms with van der Waals surface area (Å²) in [5.74, 6) is -1.79. The second-order valence-corrected chi connectivity index (χ2v) is 7.68. The van der Waals surface area contributed by atoms with Crippen molar-refractivity contribution in [2.75, 3.05) is 16.8 Å². The van der Waals surface area contributed by atoms with Crippen LogP contribution in [-0.4, -0.2) is 41.6 Å². The Labute approximate surface area is 173 Å². The van der Waals surface area contributed by atoms with Crippen molar-refractivity contribution < 1.29 is 36.8 Å². The van der Waals surface area contributed by atoms with Gasteiger partial charge in [-0.25, -0.2) is 0 Å². The minimum atomic E-state index is -4.80. The van der Waals surface area contributed by atoms with Gasteiger partial charge >= 0.3 is 6.36 Å². The first kappa shape index (κ1) is 19.6. The number of nitrogens with zero attached hydrogens (tertiary/aromatic N) is 2. The highest BCUT2D eigenvalue weighted by Gasteiger charge is 2.67. The largest absolute Gasteiger partial charge is 0.573 e. The molecule has 3 aliphatic rings. The second-order valence-electron chi connectivity index (χ2n) is 7.68. The van der Waals surface area contributed by atoms with Crippen molar-refractivity contribution in [3.05, 3.63) is 48.2 Å². The molecule has 3 aliphatic heterocycles. The molecular weight excluding hydrogens is 419 g/mol. The van der Waals surface area contributed by atoms with Crippen LogP contribution in [0.1, 0.15) is 5.76 Å². The van der Waals surface area contributed by atoms with Crippen molar-refractivity contribution >= 4 is 23.3 Å². The number of anilines is 2. The fourth-order valence-corrected chi connectivity index (χ4v) is 4.44. The summed E-state index contributed by atoms with van der Waals surface area (Å²) in [5.41, 5.74) is -0.657. The lowest BCUT2D eigenvalue weighted by Gasteiger charge is -2.23. The lowest BCUT2D eigenvalue weighted by Crippen LogP contribution is -2.41. The van der Waals surface area contributed by atoms with E-state index in [4.69, 9.17) is 9.26 Å². The zero-order chi connectivity index (χ0) is 22.0. The van der Waals surface area contributed by atoms with Gasteiger partial charge in [0, 0.05) is 11.8 Å². The van der Waals surface area contributed by atoms with E-state index in [1.54, 1.807) is 25.1 Å². The summed E-state index contributed by atoms with van der Waals surface area (Å²) in [4.78, 5) is 27.6. The Kier molecular flexibility index (Phi) is 4.16. The van der Waals surface area contributed by atoms with Crippen LogP contribution in [0.3, 0.4) is 0 Å². The van der Waals surface area contributed by atoms with E-state index in [9.17, 15) is 22.8 Å². The summed E-state index contributed by atoms with van der Waals surface area (Å²) >= 11 is 0. The molecule has 0 unspecified atom stereocenters. The Morgan fingerprint density at radius 3 is 2.71 bits per heavy atom. The van der Waals surface area contributed by atoms with E-state index >= 15 is 0 Å². The van der Waals surface area contributed by atoms with Gasteiger partial charge in [-0.2, -0.15) is 0 Å². The molecule has 1 spiro atoms. The van der Waals surface area contributed by atoms with Gasteiger partial charge in [0.1, 0.15) is 17.1 Å². The summed E-state index contributed by atoms with van der Waals surface area (Å²) in [5, 5.41) is 6.54. The maximum Gasteiger partial charge on any atom is 0.573 e. The molecule has 4 atom stereocenters. The van der Waals surface area contributed by atoms with Crippen LogP contribution in [0.4, 0.5) is 24.7 Å². The van der Waals surface area contributed by atoms with Gasteiger partial charge < -0.3 is 19.3 Å². The number of alkyl halides is 3. The van der Waals surface area contributed by atoms with Crippen molar-refractivity contribution in [3.8, 4) is 5.75 Å². The van der Waals surface area contributed by atoms with Gasteiger partial charge in [0.2, 0.25) is 11.8 Å². The second kappa shape index (κ2) is 6.58. The third-order valence-corrected chi connectivity index (χ3v) is 5.65. The number of aromatic nitrogens is 1. The lowest BCUT2D eigenvalue weighted by molar-refractivity contribution is -0.274. The van der Waals surface area contributed by atoms with Crippen LogP contribution in [-0.2, 0) is 14.3 Å². The number of amides is 2. The topological polar surface area (TPSA) is 93.9 Å². The maximum absolute atomic E-state index is 13.2. The fourth-order valence-electron chi connectivity index (χ4n) is 4.44. The Morgan fingerprint density at radius 1 is 1.32 bits per heavy atom. The highest BCUT2D eigenvalue weighted by Crippen LogP contribution is 2.52. The maximum atomic E-state index is 13.2. The number of nitrogens with one attached hydrogen (secondary N) is 1. The van der Waals surface area contributed by atoms with Gasteiger partial charge in [-0.15, -0.1) is 13.2 Å². The molecule has 2 bridgehead atoms. The van der Waals surface area contributed by atoms with Crippen molar-refractivity contribution in [3.63, 3.8) is 0 Å². The standard InChI is InChI=1S/C20H16F3N3O5/c1-10-8-14(25-31-10)26-9-19-7-6-13(30-19)15(16(19)18(26)28)17(27)24-11-2-4-12(5-3-11)29-20(21,22)23/h2-8,13,15-16H,9H2,1H3,(H,24,27)/t13-,15-,16+,19+/m1/s1. The third-order valence-electron chi connectivity index (χ3n) is 5.65. The van der Waals surface area contributed by atoms with E-state index in [1.165, 1.54) is 17.0 Å². The molecule has 5 rings (SSSR count). The van der Waals surface area contributed by atoms with Gasteiger partial charge in [-0.3, -0.25) is 14.5 Å². The van der Waals surface area contributed by atoms with E-state index < -0.39 is 41.6 Å². The van der Waals surface area contributed by atoms with Crippen molar-refractivity contribution in [1.29, 1.82) is 0 Å². The zero-order valence-electron chi connectivity index (χ0n) is 16.1. The van der Waals surface area contributed by atoms with Crippen LogP contribution in [0.5, 0.6) is 5.75 Å². The first-order valence-corrected chi connectivity index (χ1v) is 9.44. The van der Waals surface area contributed by atoms with Crippen LogP contribution >= 0.6 is 0 Å². The summed E-state index contributed by atoms with van der Waals surface area (Å²) < 4.78 is 51.8. The molecule has 0 saturated carbocycles. The molecule has 2 saturated heterocycles. The molecule has 2 fully saturated rings. The normalized spacial score (nSPS) is 28.8. The number of ether oxygens (including phenoxy) is 2. The smallest absolute Gasteiger partial charge is 0.406 e. The molecule has 0 aliphatic carbocycles. The Hall–Kier alpha value is -3.34. The van der Waals surface area contributed by atoms with Gasteiger partial charge in [-0.1, -0.05) is 17.3 Å². The molecular formula is C20H16F3N3O5. The number of carbonyl (C=O) groups excluding carboxylic acids is 2. The van der Waals surface area contributed by atoms with E-state index in [2.05, 4.69) is 15.2 Å². The van der Waals surface area contributed by atoms with E-state index in [0.29, 0.717) is 11.6 Å². The molecule has 0 radical (unpaired) electrons. The van der Waals surface area contributed by atoms with E-state index in [1.807, 2.05) is 0 Å². The molecule has 1 aromatic carbocycles. The Bertz CT molecular complexity index is 1080. The summed E-state index contributed by atoms with van der Waals surface area (Å²) in [6.07, 6.45) is -1.81. The van der Waals surface area contributed by atoms with Crippen molar-refractivity contribution in [2.45, 2.75) is 25.0 Å².